The van der Waals surface area contributed by atoms with Gasteiger partial charge < -0.3 is 10.2 Å². The molecule has 0 bridgehead atoms. The first-order chi connectivity index (χ1) is 7.22. The third-order valence-corrected chi connectivity index (χ3v) is 4.43. The Hall–Kier alpha value is -0.610. The Morgan fingerprint density at radius 3 is 2.67 bits per heavy atom. The summed E-state index contributed by atoms with van der Waals surface area (Å²) in [5.41, 5.74) is 1.18. The van der Waals surface area contributed by atoms with Gasteiger partial charge in [-0.05, 0) is 33.7 Å². The minimum Gasteiger partial charge on any atom is -0.348 e. The van der Waals surface area contributed by atoms with Gasteiger partial charge >= 0.3 is 0 Å². The first-order valence-corrected chi connectivity index (χ1v) is 6.43. The van der Waals surface area contributed by atoms with Crippen LogP contribution in [0.4, 0.5) is 5.13 Å². The lowest BCUT2D eigenvalue weighted by molar-refractivity contribution is 0.658. The van der Waals surface area contributed by atoms with Crippen LogP contribution in [-0.4, -0.2) is 25.1 Å². The summed E-state index contributed by atoms with van der Waals surface area (Å²) in [6.45, 7) is 6.66. The lowest BCUT2D eigenvalue weighted by Gasteiger charge is -2.12. The van der Waals surface area contributed by atoms with E-state index in [1.54, 1.807) is 0 Å². The van der Waals surface area contributed by atoms with E-state index in [0.717, 1.165) is 0 Å². The first kappa shape index (κ1) is 10.9. The summed E-state index contributed by atoms with van der Waals surface area (Å²) in [5, 5.41) is 4.49. The third-order valence-electron chi connectivity index (χ3n) is 3.02. The van der Waals surface area contributed by atoms with Crippen LogP contribution < -0.4 is 10.2 Å². The van der Waals surface area contributed by atoms with Gasteiger partial charge in [0.25, 0.3) is 0 Å². The summed E-state index contributed by atoms with van der Waals surface area (Å²) in [6.07, 6.45) is 2.63. The smallest absolute Gasteiger partial charge is 0.185 e. The normalized spacial score (nSPS) is 18.5. The molecule has 1 aliphatic rings. The summed E-state index contributed by atoms with van der Waals surface area (Å²) < 4.78 is 0. The number of nitrogens with one attached hydrogen (secondary N) is 1. The zero-order chi connectivity index (χ0) is 10.8. The van der Waals surface area contributed by atoms with Gasteiger partial charge in [0, 0.05) is 24.0 Å². The van der Waals surface area contributed by atoms with Crippen LogP contribution in [0.3, 0.4) is 0 Å². The van der Waals surface area contributed by atoms with E-state index in [4.69, 9.17) is 0 Å². The maximum Gasteiger partial charge on any atom is 0.185 e. The van der Waals surface area contributed by atoms with Gasteiger partial charge in [-0.15, -0.1) is 11.3 Å². The molecule has 1 aromatic heterocycles. The van der Waals surface area contributed by atoms with Crippen LogP contribution >= 0.6 is 11.3 Å². The Kier molecular flexibility index (Phi) is 3.26. The minimum absolute atomic E-state index is 0.416. The van der Waals surface area contributed by atoms with E-state index >= 15 is 0 Å². The largest absolute Gasteiger partial charge is 0.348 e. The fraction of sp³-hybridized carbons (Fsp3) is 0.727. The number of aryl methyl sites for hydroxylation is 1. The van der Waals surface area contributed by atoms with E-state index < -0.39 is 0 Å². The molecule has 1 aliphatic heterocycles. The molecule has 1 saturated heterocycles. The molecule has 0 amide bonds. The van der Waals surface area contributed by atoms with E-state index in [9.17, 15) is 0 Å². The minimum atomic E-state index is 0.416. The Balaban J connectivity index is 2.20. The van der Waals surface area contributed by atoms with E-state index in [2.05, 4.69) is 29.0 Å². The second-order valence-electron chi connectivity index (χ2n) is 4.15. The molecule has 3 nitrogen and oxygen atoms in total. The van der Waals surface area contributed by atoms with Gasteiger partial charge in [-0.25, -0.2) is 4.98 Å². The Morgan fingerprint density at radius 2 is 2.07 bits per heavy atom. The van der Waals surface area contributed by atoms with Crippen molar-refractivity contribution in [3.05, 3.63) is 10.6 Å². The molecule has 2 heterocycles. The molecule has 0 aromatic carbocycles. The molecule has 1 atom stereocenters. The number of anilines is 1. The van der Waals surface area contributed by atoms with Crippen LogP contribution in [0.2, 0.25) is 0 Å². The van der Waals surface area contributed by atoms with Crippen molar-refractivity contribution in [3.63, 3.8) is 0 Å². The zero-order valence-electron chi connectivity index (χ0n) is 9.71. The molecule has 1 N–H and O–H groups in total. The summed E-state index contributed by atoms with van der Waals surface area (Å²) in [7, 11) is 2.00. The lowest BCUT2D eigenvalue weighted by atomic mass is 10.2. The van der Waals surface area contributed by atoms with Crippen LogP contribution in [0.25, 0.3) is 0 Å². The van der Waals surface area contributed by atoms with Crippen molar-refractivity contribution in [3.8, 4) is 0 Å². The van der Waals surface area contributed by atoms with Crippen molar-refractivity contribution in [2.45, 2.75) is 32.7 Å². The maximum absolute atomic E-state index is 4.67. The molecule has 1 fully saturated rings. The third kappa shape index (κ3) is 2.16. The van der Waals surface area contributed by atoms with Gasteiger partial charge in [0.05, 0.1) is 5.69 Å². The average molecular weight is 225 g/mol. The van der Waals surface area contributed by atoms with Crippen LogP contribution in [-0.2, 0) is 0 Å². The second kappa shape index (κ2) is 4.49. The van der Waals surface area contributed by atoms with Crippen LogP contribution in [0, 0.1) is 6.92 Å². The highest BCUT2D eigenvalue weighted by Crippen LogP contribution is 2.32. The molecule has 4 heteroatoms. The van der Waals surface area contributed by atoms with Crippen molar-refractivity contribution in [2.24, 2.45) is 0 Å². The fourth-order valence-electron chi connectivity index (χ4n) is 1.97. The van der Waals surface area contributed by atoms with E-state index in [0.29, 0.717) is 6.04 Å². The van der Waals surface area contributed by atoms with Crippen molar-refractivity contribution in [1.29, 1.82) is 0 Å². The van der Waals surface area contributed by atoms with Crippen molar-refractivity contribution >= 4 is 16.5 Å². The molecule has 2 rings (SSSR count). The van der Waals surface area contributed by atoms with Gasteiger partial charge in [-0.1, -0.05) is 0 Å². The van der Waals surface area contributed by atoms with Crippen LogP contribution in [0.1, 0.15) is 36.4 Å². The standard InChI is InChI=1S/C11H19N3S/c1-8(12-3)10-9(2)13-11(15-10)14-6-4-5-7-14/h8,12H,4-7H2,1-3H3. The quantitative estimate of drug-likeness (QED) is 0.856. The molecular weight excluding hydrogens is 206 g/mol. The van der Waals surface area contributed by atoms with Crippen LogP contribution in [0.5, 0.6) is 0 Å². The van der Waals surface area contributed by atoms with Crippen molar-refractivity contribution in [2.75, 3.05) is 25.0 Å². The Bertz CT molecular complexity index is 329. The molecule has 1 unspecified atom stereocenters. The van der Waals surface area contributed by atoms with E-state index in [1.165, 1.54) is 41.6 Å². The molecule has 0 radical (unpaired) electrons. The fourth-order valence-corrected chi connectivity index (χ4v) is 3.15. The number of thiazole rings is 1. The highest BCUT2D eigenvalue weighted by molar-refractivity contribution is 7.15. The summed E-state index contributed by atoms with van der Waals surface area (Å²) in [6, 6.07) is 0.416. The summed E-state index contributed by atoms with van der Waals surface area (Å²) in [5.74, 6) is 0. The van der Waals surface area contributed by atoms with Gasteiger partial charge in [0.1, 0.15) is 0 Å². The van der Waals surface area contributed by atoms with Crippen molar-refractivity contribution in [1.82, 2.24) is 10.3 Å². The monoisotopic (exact) mass is 225 g/mol. The molecule has 1 aromatic rings. The van der Waals surface area contributed by atoms with Crippen molar-refractivity contribution < 1.29 is 0 Å². The molecule has 0 spiro atoms. The van der Waals surface area contributed by atoms with E-state index in [-0.39, 0.29) is 0 Å². The lowest BCUT2D eigenvalue weighted by Crippen LogP contribution is -2.17. The number of aromatic nitrogens is 1. The van der Waals surface area contributed by atoms with Gasteiger partial charge in [-0.3, -0.25) is 0 Å². The molecule has 15 heavy (non-hydrogen) atoms. The number of hydrogen-bond acceptors (Lipinski definition) is 4. The average Bonchev–Trinajstić information content (AvgIpc) is 2.84. The second-order valence-corrected chi connectivity index (χ2v) is 5.16. The predicted octanol–water partition coefficient (Wildman–Crippen LogP) is 2.33. The SMILES string of the molecule is CNC(C)c1sc(N2CCCC2)nc1C. The summed E-state index contributed by atoms with van der Waals surface area (Å²) >= 11 is 1.84. The van der Waals surface area contributed by atoms with Gasteiger partial charge in [0.15, 0.2) is 5.13 Å². The summed E-state index contributed by atoms with van der Waals surface area (Å²) in [4.78, 5) is 8.45. The van der Waals surface area contributed by atoms with Gasteiger partial charge in [0.2, 0.25) is 0 Å². The predicted molar refractivity (Wildman–Crippen MR) is 65.8 cm³/mol. The Morgan fingerprint density at radius 1 is 1.40 bits per heavy atom. The molecule has 0 saturated carbocycles. The molecule has 84 valence electrons. The maximum atomic E-state index is 4.67. The highest BCUT2D eigenvalue weighted by atomic mass is 32.1. The highest BCUT2D eigenvalue weighted by Gasteiger charge is 2.19. The van der Waals surface area contributed by atoms with Crippen LogP contribution in [0.15, 0.2) is 0 Å². The first-order valence-electron chi connectivity index (χ1n) is 5.62. The van der Waals surface area contributed by atoms with E-state index in [1.807, 2.05) is 18.4 Å². The molecule has 0 aliphatic carbocycles. The number of hydrogen-bond donors (Lipinski definition) is 1. The van der Waals surface area contributed by atoms with Gasteiger partial charge in [-0.2, -0.15) is 0 Å². The zero-order valence-corrected chi connectivity index (χ0v) is 10.5. The number of nitrogens with zero attached hydrogens (tertiary/aromatic N) is 2. The Labute approximate surface area is 95.5 Å². The molecular formula is C11H19N3S. The topological polar surface area (TPSA) is 28.2 Å². The number of rotatable bonds is 3.